The third-order valence-corrected chi connectivity index (χ3v) is 10.3. The van der Waals surface area contributed by atoms with E-state index in [4.69, 9.17) is 5.11 Å². The van der Waals surface area contributed by atoms with E-state index in [1.165, 1.54) is 185 Å². The van der Waals surface area contributed by atoms with Crippen molar-refractivity contribution in [1.29, 1.82) is 0 Å². The van der Waals surface area contributed by atoms with E-state index in [9.17, 15) is 5.11 Å². The van der Waals surface area contributed by atoms with Crippen LogP contribution in [0.25, 0.3) is 0 Å². The van der Waals surface area contributed by atoms with Crippen LogP contribution in [0.15, 0.2) is 11.6 Å². The van der Waals surface area contributed by atoms with E-state index in [0.717, 1.165) is 24.2 Å². The second-order valence-corrected chi connectivity index (χ2v) is 15.9. The van der Waals surface area contributed by atoms with Crippen molar-refractivity contribution in [3.8, 4) is 0 Å². The molecule has 0 heterocycles. The zero-order valence-corrected chi connectivity index (χ0v) is 33.2. The summed E-state index contributed by atoms with van der Waals surface area (Å²) in [6.45, 7) is 16.8. The zero-order chi connectivity index (χ0) is 34.5. The van der Waals surface area contributed by atoms with Crippen molar-refractivity contribution in [3.05, 3.63) is 11.6 Å². The smallest absolute Gasteiger partial charge is 0.0614 e. The van der Waals surface area contributed by atoms with Gasteiger partial charge in [-0.2, -0.15) is 0 Å². The van der Waals surface area contributed by atoms with Crippen LogP contribution >= 0.6 is 0 Å². The summed E-state index contributed by atoms with van der Waals surface area (Å²) in [7, 11) is 0. The number of rotatable bonds is 34. The maximum absolute atomic E-state index is 9.57. The number of aliphatic hydroxyl groups is 2. The summed E-state index contributed by atoms with van der Waals surface area (Å²) in [5.74, 6) is 3.20. The summed E-state index contributed by atoms with van der Waals surface area (Å²) in [4.78, 5) is 0. The van der Waals surface area contributed by atoms with E-state index in [2.05, 4.69) is 48.5 Å². The van der Waals surface area contributed by atoms with Gasteiger partial charge in [-0.05, 0) is 56.3 Å². The molecule has 0 aromatic heterocycles. The van der Waals surface area contributed by atoms with Gasteiger partial charge in [-0.25, -0.2) is 0 Å². The second-order valence-electron chi connectivity index (χ2n) is 15.9. The zero-order valence-electron chi connectivity index (χ0n) is 33.2. The molecule has 2 N–H and O–H groups in total. The fourth-order valence-electron chi connectivity index (χ4n) is 6.78. The van der Waals surface area contributed by atoms with Gasteiger partial charge in [0.15, 0.2) is 0 Å². The van der Waals surface area contributed by atoms with Crippen molar-refractivity contribution in [2.24, 2.45) is 23.7 Å². The molecule has 0 spiro atoms. The molecule has 278 valence electrons. The monoisotopic (exact) mass is 651 g/mol. The molecule has 2 heteroatoms. The highest BCUT2D eigenvalue weighted by atomic mass is 16.3. The van der Waals surface area contributed by atoms with Crippen LogP contribution in [-0.2, 0) is 0 Å². The Kier molecular flexibility index (Phi) is 40.6. The first kappa shape index (κ1) is 47.8. The van der Waals surface area contributed by atoms with E-state index in [1.54, 1.807) is 0 Å². The molecule has 0 bridgehead atoms. The van der Waals surface area contributed by atoms with E-state index < -0.39 is 0 Å². The van der Waals surface area contributed by atoms with Crippen molar-refractivity contribution in [2.75, 3.05) is 13.2 Å². The Labute approximate surface area is 292 Å². The Bertz CT molecular complexity index is 582. The molecular weight excluding hydrogens is 560 g/mol. The summed E-state index contributed by atoms with van der Waals surface area (Å²) in [5.41, 5.74) is 1.34. The summed E-state index contributed by atoms with van der Waals surface area (Å²) >= 11 is 0. The highest BCUT2D eigenvalue weighted by molar-refractivity contribution is 4.97. The predicted octanol–water partition coefficient (Wildman–Crippen LogP) is 14.8. The van der Waals surface area contributed by atoms with Crippen LogP contribution in [0, 0.1) is 23.7 Å². The predicted molar refractivity (Wildman–Crippen MR) is 210 cm³/mol. The molecule has 2 nitrogen and oxygen atoms in total. The van der Waals surface area contributed by atoms with Crippen molar-refractivity contribution in [2.45, 2.75) is 235 Å². The standard InChI is InChI=1S/C24H50O.C20H40O/c1-3-5-7-9-11-13-14-16-18-20-22-24(23-25)21-19-17-15-12-10-8-6-4-2;1-17(2)9-6-10-18(3)11-7-12-19(4)13-8-14-20(5)15-16-21/h24-25H,3-23H2,1-2H3;15,17-19,21H,6-14,16H2,1-5H3/b;20-15+/t;18-,19-/m.1/s1. The lowest BCUT2D eigenvalue weighted by Gasteiger charge is -2.15. The molecule has 0 rings (SSSR count). The second kappa shape index (κ2) is 39.1. The first-order valence-electron chi connectivity index (χ1n) is 21.2. The lowest BCUT2D eigenvalue weighted by molar-refractivity contribution is 0.204. The Morgan fingerprint density at radius 2 is 0.826 bits per heavy atom. The van der Waals surface area contributed by atoms with Crippen molar-refractivity contribution in [1.82, 2.24) is 0 Å². The highest BCUT2D eigenvalue weighted by Crippen LogP contribution is 2.22. The van der Waals surface area contributed by atoms with E-state index in [-0.39, 0.29) is 6.61 Å². The first-order chi connectivity index (χ1) is 22.3. The van der Waals surface area contributed by atoms with E-state index >= 15 is 0 Å². The fourth-order valence-corrected chi connectivity index (χ4v) is 6.78. The van der Waals surface area contributed by atoms with Crippen LogP contribution in [0.1, 0.15) is 235 Å². The lowest BCUT2D eigenvalue weighted by atomic mass is 9.91. The van der Waals surface area contributed by atoms with Gasteiger partial charge in [0, 0.05) is 6.61 Å². The lowest BCUT2D eigenvalue weighted by Crippen LogP contribution is -2.06. The van der Waals surface area contributed by atoms with Crippen molar-refractivity contribution in [3.63, 3.8) is 0 Å². The molecule has 0 aromatic rings. The fraction of sp³-hybridized carbons (Fsp3) is 0.955. The van der Waals surface area contributed by atoms with Gasteiger partial charge in [-0.15, -0.1) is 0 Å². The van der Waals surface area contributed by atoms with Crippen LogP contribution in [-0.4, -0.2) is 23.4 Å². The molecular formula is C44H90O2. The minimum Gasteiger partial charge on any atom is -0.396 e. The topological polar surface area (TPSA) is 40.5 Å². The summed E-state index contributed by atoms with van der Waals surface area (Å²) in [5, 5.41) is 18.4. The first-order valence-corrected chi connectivity index (χ1v) is 21.2. The largest absolute Gasteiger partial charge is 0.396 e. The highest BCUT2D eigenvalue weighted by Gasteiger charge is 2.08. The van der Waals surface area contributed by atoms with Gasteiger partial charge in [-0.1, -0.05) is 214 Å². The SMILES string of the molecule is C/C(=C\CO)CCC[C@H](C)CCC[C@H](C)CCCC(C)C.CCCCCCCCCCCCC(CO)CCCCCCCCCC. The Balaban J connectivity index is 0. The molecule has 3 atom stereocenters. The van der Waals surface area contributed by atoms with Gasteiger partial charge >= 0.3 is 0 Å². The van der Waals surface area contributed by atoms with Gasteiger partial charge in [0.05, 0.1) is 6.61 Å². The molecule has 0 aromatic carbocycles. The molecule has 0 aliphatic heterocycles. The molecule has 0 aliphatic rings. The number of unbranched alkanes of at least 4 members (excludes halogenated alkanes) is 16. The maximum Gasteiger partial charge on any atom is 0.0614 e. The van der Waals surface area contributed by atoms with Gasteiger partial charge in [0.25, 0.3) is 0 Å². The van der Waals surface area contributed by atoms with Crippen LogP contribution in [0.5, 0.6) is 0 Å². The minimum absolute atomic E-state index is 0.191. The normalized spacial score (nSPS) is 13.9. The van der Waals surface area contributed by atoms with Crippen LogP contribution in [0.4, 0.5) is 0 Å². The van der Waals surface area contributed by atoms with Crippen molar-refractivity contribution < 1.29 is 10.2 Å². The quantitative estimate of drug-likeness (QED) is 0.0537. The average molecular weight is 651 g/mol. The van der Waals surface area contributed by atoms with Crippen LogP contribution < -0.4 is 0 Å². The Morgan fingerprint density at radius 3 is 1.20 bits per heavy atom. The minimum atomic E-state index is 0.191. The molecule has 0 fully saturated rings. The molecule has 0 aliphatic carbocycles. The molecule has 0 amide bonds. The summed E-state index contributed by atoms with van der Waals surface area (Å²) < 4.78 is 0. The van der Waals surface area contributed by atoms with Crippen LogP contribution in [0.3, 0.4) is 0 Å². The number of allylic oxidation sites excluding steroid dienone is 1. The molecule has 1 unspecified atom stereocenters. The summed E-state index contributed by atoms with van der Waals surface area (Å²) in [6.07, 6.45) is 41.8. The number of hydrogen-bond acceptors (Lipinski definition) is 2. The van der Waals surface area contributed by atoms with Crippen molar-refractivity contribution >= 4 is 0 Å². The average Bonchev–Trinajstić information content (AvgIpc) is 3.02. The van der Waals surface area contributed by atoms with Gasteiger partial charge in [-0.3, -0.25) is 0 Å². The third kappa shape index (κ3) is 39.8. The third-order valence-electron chi connectivity index (χ3n) is 10.3. The Morgan fingerprint density at radius 1 is 0.457 bits per heavy atom. The van der Waals surface area contributed by atoms with Gasteiger partial charge < -0.3 is 10.2 Å². The van der Waals surface area contributed by atoms with Gasteiger partial charge in [0.1, 0.15) is 0 Å². The summed E-state index contributed by atoms with van der Waals surface area (Å²) in [6, 6.07) is 0. The molecule has 0 saturated heterocycles. The Hall–Kier alpha value is -0.340. The van der Waals surface area contributed by atoms with E-state index in [1.807, 2.05) is 6.08 Å². The number of aliphatic hydroxyl groups excluding tert-OH is 2. The van der Waals surface area contributed by atoms with Gasteiger partial charge in [0.2, 0.25) is 0 Å². The van der Waals surface area contributed by atoms with Crippen LogP contribution in [0.2, 0.25) is 0 Å². The van der Waals surface area contributed by atoms with E-state index in [0.29, 0.717) is 12.5 Å². The number of hydrogen-bond donors (Lipinski definition) is 2. The molecule has 0 saturated carbocycles. The molecule has 0 radical (unpaired) electrons. The molecule has 46 heavy (non-hydrogen) atoms. The maximum atomic E-state index is 9.57.